The SMILES string of the molecule is C=NNC(=O)c1ccc(OC)cc1. The number of ether oxygens (including phenoxy) is 1. The predicted molar refractivity (Wildman–Crippen MR) is 50.0 cm³/mol. The van der Waals surface area contributed by atoms with E-state index in [1.54, 1.807) is 31.4 Å². The summed E-state index contributed by atoms with van der Waals surface area (Å²) < 4.78 is 4.94. The molecule has 1 aromatic rings. The van der Waals surface area contributed by atoms with Crippen molar-refractivity contribution >= 4 is 12.6 Å². The molecular formula is C9H10N2O2. The van der Waals surface area contributed by atoms with Crippen molar-refractivity contribution in [2.24, 2.45) is 5.10 Å². The number of carbonyl (C=O) groups excluding carboxylic acids is 1. The molecule has 0 unspecified atom stereocenters. The molecule has 0 aliphatic heterocycles. The third-order valence-corrected chi connectivity index (χ3v) is 1.53. The van der Waals surface area contributed by atoms with Gasteiger partial charge in [0, 0.05) is 12.3 Å². The zero-order valence-corrected chi connectivity index (χ0v) is 7.28. The van der Waals surface area contributed by atoms with Gasteiger partial charge in [-0.2, -0.15) is 5.10 Å². The lowest BCUT2D eigenvalue weighted by molar-refractivity contribution is 0.0955. The molecule has 0 bridgehead atoms. The van der Waals surface area contributed by atoms with Crippen LogP contribution in [0.25, 0.3) is 0 Å². The van der Waals surface area contributed by atoms with Gasteiger partial charge in [0.05, 0.1) is 7.11 Å². The first kappa shape index (κ1) is 9.25. The minimum atomic E-state index is -0.280. The molecule has 1 amide bonds. The number of nitrogens with zero attached hydrogens (tertiary/aromatic N) is 1. The normalized spacial score (nSPS) is 9.00. The quantitative estimate of drug-likeness (QED) is 0.555. The van der Waals surface area contributed by atoms with Gasteiger partial charge in [-0.3, -0.25) is 4.79 Å². The lowest BCUT2D eigenvalue weighted by atomic mass is 10.2. The summed E-state index contributed by atoms with van der Waals surface area (Å²) in [5.74, 6) is 0.431. The first-order valence-electron chi connectivity index (χ1n) is 3.68. The van der Waals surface area contributed by atoms with E-state index >= 15 is 0 Å². The van der Waals surface area contributed by atoms with Crippen LogP contribution in [0.3, 0.4) is 0 Å². The number of benzene rings is 1. The Bertz CT molecular complexity index is 306. The summed E-state index contributed by atoms with van der Waals surface area (Å²) in [6.45, 7) is 3.15. The Morgan fingerprint density at radius 2 is 2.08 bits per heavy atom. The summed E-state index contributed by atoms with van der Waals surface area (Å²) in [6, 6.07) is 6.72. The van der Waals surface area contributed by atoms with Gasteiger partial charge in [0.15, 0.2) is 0 Å². The molecule has 0 heterocycles. The van der Waals surface area contributed by atoms with Crippen molar-refractivity contribution in [1.29, 1.82) is 0 Å². The maximum Gasteiger partial charge on any atom is 0.271 e. The zero-order chi connectivity index (χ0) is 9.68. The van der Waals surface area contributed by atoms with Gasteiger partial charge in [0.1, 0.15) is 5.75 Å². The molecule has 0 radical (unpaired) electrons. The number of nitrogens with one attached hydrogen (secondary N) is 1. The highest BCUT2D eigenvalue weighted by Crippen LogP contribution is 2.10. The number of methoxy groups -OCH3 is 1. The summed E-state index contributed by atoms with van der Waals surface area (Å²) in [5, 5.41) is 3.27. The Balaban J connectivity index is 2.79. The highest BCUT2D eigenvalue weighted by Gasteiger charge is 2.02. The van der Waals surface area contributed by atoms with Crippen molar-refractivity contribution in [2.75, 3.05) is 7.11 Å². The smallest absolute Gasteiger partial charge is 0.271 e. The van der Waals surface area contributed by atoms with Gasteiger partial charge < -0.3 is 4.74 Å². The van der Waals surface area contributed by atoms with Crippen LogP contribution in [-0.4, -0.2) is 19.7 Å². The Hall–Kier alpha value is -1.84. The number of rotatable bonds is 3. The highest BCUT2D eigenvalue weighted by atomic mass is 16.5. The fourth-order valence-electron chi connectivity index (χ4n) is 0.879. The van der Waals surface area contributed by atoms with E-state index in [1.165, 1.54) is 0 Å². The second-order valence-corrected chi connectivity index (χ2v) is 2.33. The molecule has 1 N–H and O–H groups in total. The molecule has 0 spiro atoms. The number of amides is 1. The second-order valence-electron chi connectivity index (χ2n) is 2.33. The zero-order valence-electron chi connectivity index (χ0n) is 7.28. The molecule has 0 aromatic heterocycles. The average Bonchev–Trinajstić information content (AvgIpc) is 2.18. The van der Waals surface area contributed by atoms with Gasteiger partial charge in [-0.25, -0.2) is 5.43 Å². The van der Waals surface area contributed by atoms with Crippen LogP contribution in [0.2, 0.25) is 0 Å². The van der Waals surface area contributed by atoms with Crippen LogP contribution in [0.4, 0.5) is 0 Å². The van der Waals surface area contributed by atoms with Crippen molar-refractivity contribution in [3.05, 3.63) is 29.8 Å². The molecular weight excluding hydrogens is 168 g/mol. The lowest BCUT2D eigenvalue weighted by Gasteiger charge is -2.01. The van der Waals surface area contributed by atoms with Gasteiger partial charge in [0.25, 0.3) is 5.91 Å². The molecule has 0 saturated heterocycles. The maximum absolute atomic E-state index is 11.2. The van der Waals surface area contributed by atoms with Crippen molar-refractivity contribution in [1.82, 2.24) is 5.43 Å². The molecule has 1 aromatic carbocycles. The Morgan fingerprint density at radius 1 is 1.46 bits per heavy atom. The summed E-state index contributed by atoms with van der Waals surface area (Å²) >= 11 is 0. The fourth-order valence-corrected chi connectivity index (χ4v) is 0.879. The van der Waals surface area contributed by atoms with E-state index < -0.39 is 0 Å². The van der Waals surface area contributed by atoms with Crippen LogP contribution >= 0.6 is 0 Å². The second kappa shape index (κ2) is 4.25. The van der Waals surface area contributed by atoms with Crippen LogP contribution in [0.1, 0.15) is 10.4 Å². The monoisotopic (exact) mass is 178 g/mol. The van der Waals surface area contributed by atoms with E-state index in [0.717, 1.165) is 0 Å². The number of hydrogen-bond acceptors (Lipinski definition) is 3. The predicted octanol–water partition coefficient (Wildman–Crippen LogP) is 1.04. The molecule has 4 nitrogen and oxygen atoms in total. The van der Waals surface area contributed by atoms with E-state index in [0.29, 0.717) is 11.3 Å². The molecule has 13 heavy (non-hydrogen) atoms. The Kier molecular flexibility index (Phi) is 3.03. The van der Waals surface area contributed by atoms with Crippen LogP contribution in [0.5, 0.6) is 5.75 Å². The van der Waals surface area contributed by atoms with E-state index in [1.807, 2.05) is 0 Å². The standard InChI is InChI=1S/C9H10N2O2/c1-10-11-9(12)7-3-5-8(13-2)6-4-7/h3-6H,1H2,2H3,(H,11,12). The molecule has 1 rings (SSSR count). The molecule has 68 valence electrons. The molecule has 0 atom stereocenters. The van der Waals surface area contributed by atoms with E-state index in [4.69, 9.17) is 4.74 Å². The van der Waals surface area contributed by atoms with Crippen LogP contribution < -0.4 is 10.2 Å². The maximum atomic E-state index is 11.2. The molecule has 0 saturated carbocycles. The minimum absolute atomic E-state index is 0.280. The molecule has 0 aliphatic carbocycles. The van der Waals surface area contributed by atoms with Crippen molar-refractivity contribution in [3.63, 3.8) is 0 Å². The number of hydrazone groups is 1. The van der Waals surface area contributed by atoms with Crippen molar-refractivity contribution < 1.29 is 9.53 Å². The largest absolute Gasteiger partial charge is 0.497 e. The number of carbonyl (C=O) groups is 1. The number of hydrogen-bond donors (Lipinski definition) is 1. The molecule has 0 fully saturated rings. The molecule has 4 heteroatoms. The van der Waals surface area contributed by atoms with Crippen LogP contribution in [0.15, 0.2) is 29.4 Å². The minimum Gasteiger partial charge on any atom is -0.497 e. The fraction of sp³-hybridized carbons (Fsp3) is 0.111. The van der Waals surface area contributed by atoms with Gasteiger partial charge in [-0.1, -0.05) is 0 Å². The topological polar surface area (TPSA) is 50.7 Å². The third-order valence-electron chi connectivity index (χ3n) is 1.53. The van der Waals surface area contributed by atoms with E-state index in [2.05, 4.69) is 17.2 Å². The van der Waals surface area contributed by atoms with Gasteiger partial charge in [-0.15, -0.1) is 0 Å². The molecule has 0 aliphatic rings. The Labute approximate surface area is 76.2 Å². The Morgan fingerprint density at radius 3 is 2.54 bits per heavy atom. The van der Waals surface area contributed by atoms with Crippen LogP contribution in [-0.2, 0) is 0 Å². The third kappa shape index (κ3) is 2.30. The summed E-state index contributed by atoms with van der Waals surface area (Å²) in [7, 11) is 1.57. The first-order chi connectivity index (χ1) is 6.27. The average molecular weight is 178 g/mol. The van der Waals surface area contributed by atoms with Crippen LogP contribution in [0, 0.1) is 0 Å². The van der Waals surface area contributed by atoms with E-state index in [9.17, 15) is 4.79 Å². The first-order valence-corrected chi connectivity index (χ1v) is 3.68. The lowest BCUT2D eigenvalue weighted by Crippen LogP contribution is -2.16. The van der Waals surface area contributed by atoms with Gasteiger partial charge >= 0.3 is 0 Å². The van der Waals surface area contributed by atoms with E-state index in [-0.39, 0.29) is 5.91 Å². The van der Waals surface area contributed by atoms with Crippen molar-refractivity contribution in [3.8, 4) is 5.75 Å². The highest BCUT2D eigenvalue weighted by molar-refractivity contribution is 5.94. The van der Waals surface area contributed by atoms with Gasteiger partial charge in [-0.05, 0) is 24.3 Å². The van der Waals surface area contributed by atoms with Crippen molar-refractivity contribution in [2.45, 2.75) is 0 Å². The van der Waals surface area contributed by atoms with Gasteiger partial charge in [0.2, 0.25) is 0 Å². The summed E-state index contributed by atoms with van der Waals surface area (Å²) in [6.07, 6.45) is 0. The summed E-state index contributed by atoms with van der Waals surface area (Å²) in [4.78, 5) is 11.2. The summed E-state index contributed by atoms with van der Waals surface area (Å²) in [5.41, 5.74) is 2.75.